The van der Waals surface area contributed by atoms with Gasteiger partial charge in [0.1, 0.15) is 5.82 Å². The molecule has 0 aliphatic heterocycles. The maximum atomic E-state index is 13.1. The molecule has 0 amide bonds. The van der Waals surface area contributed by atoms with Gasteiger partial charge >= 0.3 is 6.18 Å². The van der Waals surface area contributed by atoms with E-state index in [9.17, 15) is 17.6 Å². The van der Waals surface area contributed by atoms with Crippen LogP contribution in [0.25, 0.3) is 0 Å². The number of ether oxygens (including phenoxy) is 2. The van der Waals surface area contributed by atoms with Gasteiger partial charge in [-0.15, -0.1) is 0 Å². The highest BCUT2D eigenvalue weighted by Crippen LogP contribution is 2.33. The summed E-state index contributed by atoms with van der Waals surface area (Å²) in [5.41, 5.74) is 4.70. The lowest BCUT2D eigenvalue weighted by Crippen LogP contribution is -2.16. The normalized spacial score (nSPS) is 13.5. The Labute approximate surface area is 114 Å². The molecule has 114 valence electrons. The van der Waals surface area contributed by atoms with Crippen LogP contribution in [0.5, 0.6) is 0 Å². The molecule has 1 rings (SSSR count). The minimum atomic E-state index is -4.73. The van der Waals surface area contributed by atoms with E-state index in [1.54, 1.807) is 0 Å². The molecular formula is C13H17F4NO2. The van der Waals surface area contributed by atoms with E-state index >= 15 is 0 Å². The first kappa shape index (κ1) is 16.9. The summed E-state index contributed by atoms with van der Waals surface area (Å²) in [5.74, 6) is -1.30. The van der Waals surface area contributed by atoms with E-state index < -0.39 is 23.6 Å². The molecule has 0 saturated carbocycles. The third kappa shape index (κ3) is 5.07. The van der Waals surface area contributed by atoms with Gasteiger partial charge < -0.3 is 15.2 Å². The molecule has 1 aromatic rings. The van der Waals surface area contributed by atoms with Crippen molar-refractivity contribution in [2.24, 2.45) is 5.73 Å². The predicted octanol–water partition coefficient (Wildman–Crippen LogP) is 2.90. The first-order valence-electron chi connectivity index (χ1n) is 6.05. The van der Waals surface area contributed by atoms with Gasteiger partial charge in [-0.05, 0) is 24.1 Å². The maximum absolute atomic E-state index is 13.1. The second-order valence-electron chi connectivity index (χ2n) is 4.24. The third-order valence-electron chi connectivity index (χ3n) is 2.73. The minimum Gasteiger partial charge on any atom is -0.382 e. The topological polar surface area (TPSA) is 44.5 Å². The predicted molar refractivity (Wildman–Crippen MR) is 65.6 cm³/mol. The molecule has 1 atom stereocenters. The molecule has 0 aliphatic rings. The number of nitrogens with two attached hydrogens (primary N) is 1. The van der Waals surface area contributed by atoms with Crippen LogP contribution in [-0.2, 0) is 15.7 Å². The van der Waals surface area contributed by atoms with Gasteiger partial charge in [0, 0.05) is 19.8 Å². The number of methoxy groups -OCH3 is 1. The van der Waals surface area contributed by atoms with Crippen LogP contribution in [0.4, 0.5) is 17.6 Å². The lowest BCUT2D eigenvalue weighted by molar-refractivity contribution is -0.140. The van der Waals surface area contributed by atoms with Crippen molar-refractivity contribution in [3.8, 4) is 0 Å². The van der Waals surface area contributed by atoms with Crippen LogP contribution in [0.3, 0.4) is 0 Å². The second kappa shape index (κ2) is 7.56. The molecule has 0 spiro atoms. The SMILES string of the molecule is COCCOCCC(N)c1ccc(F)c(C(F)(F)F)c1. The lowest BCUT2D eigenvalue weighted by atomic mass is 10.0. The summed E-state index contributed by atoms with van der Waals surface area (Å²) in [4.78, 5) is 0. The molecule has 0 aliphatic carbocycles. The van der Waals surface area contributed by atoms with Crippen LogP contribution >= 0.6 is 0 Å². The second-order valence-corrected chi connectivity index (χ2v) is 4.24. The van der Waals surface area contributed by atoms with Crippen LogP contribution in [0.1, 0.15) is 23.6 Å². The molecule has 0 bridgehead atoms. The monoisotopic (exact) mass is 295 g/mol. The van der Waals surface area contributed by atoms with Crippen molar-refractivity contribution in [1.82, 2.24) is 0 Å². The molecule has 0 saturated heterocycles. The summed E-state index contributed by atoms with van der Waals surface area (Å²) in [7, 11) is 1.53. The van der Waals surface area contributed by atoms with Crippen LogP contribution < -0.4 is 5.73 Å². The van der Waals surface area contributed by atoms with Gasteiger partial charge in [0.25, 0.3) is 0 Å². The number of hydrogen-bond donors (Lipinski definition) is 1. The Morgan fingerprint density at radius 2 is 1.90 bits per heavy atom. The molecule has 1 unspecified atom stereocenters. The van der Waals surface area contributed by atoms with Gasteiger partial charge in [-0.1, -0.05) is 6.07 Å². The smallest absolute Gasteiger partial charge is 0.382 e. The zero-order chi connectivity index (χ0) is 15.2. The van der Waals surface area contributed by atoms with E-state index in [1.807, 2.05) is 0 Å². The number of alkyl halides is 3. The average Bonchev–Trinajstić information content (AvgIpc) is 2.37. The lowest BCUT2D eigenvalue weighted by Gasteiger charge is -2.15. The van der Waals surface area contributed by atoms with Crippen molar-refractivity contribution in [1.29, 1.82) is 0 Å². The quantitative estimate of drug-likeness (QED) is 0.621. The van der Waals surface area contributed by atoms with Gasteiger partial charge in [-0.3, -0.25) is 0 Å². The summed E-state index contributed by atoms with van der Waals surface area (Å²) >= 11 is 0. The van der Waals surface area contributed by atoms with Crippen molar-refractivity contribution in [3.63, 3.8) is 0 Å². The van der Waals surface area contributed by atoms with Gasteiger partial charge in [-0.2, -0.15) is 13.2 Å². The molecular weight excluding hydrogens is 278 g/mol. The summed E-state index contributed by atoms with van der Waals surface area (Å²) < 4.78 is 60.8. The maximum Gasteiger partial charge on any atom is 0.419 e. The summed E-state index contributed by atoms with van der Waals surface area (Å²) in [6.07, 6.45) is -4.39. The van der Waals surface area contributed by atoms with Crippen LogP contribution in [0, 0.1) is 5.82 Å². The minimum absolute atomic E-state index is 0.231. The first-order valence-corrected chi connectivity index (χ1v) is 6.05. The Hall–Kier alpha value is -1.18. The molecule has 0 aromatic heterocycles. The van der Waals surface area contributed by atoms with E-state index in [0.29, 0.717) is 26.2 Å². The highest BCUT2D eigenvalue weighted by atomic mass is 19.4. The molecule has 0 radical (unpaired) electrons. The summed E-state index contributed by atoms with van der Waals surface area (Å²) in [6.45, 7) is 1.12. The highest BCUT2D eigenvalue weighted by molar-refractivity contribution is 5.29. The van der Waals surface area contributed by atoms with Crippen molar-refractivity contribution in [2.75, 3.05) is 26.9 Å². The van der Waals surface area contributed by atoms with Gasteiger partial charge in [0.15, 0.2) is 0 Å². The number of halogens is 4. The van der Waals surface area contributed by atoms with Gasteiger partial charge in [0.05, 0.1) is 18.8 Å². The molecule has 7 heteroatoms. The van der Waals surface area contributed by atoms with E-state index in [0.717, 1.165) is 12.1 Å². The fourth-order valence-corrected chi connectivity index (χ4v) is 1.61. The average molecular weight is 295 g/mol. The zero-order valence-electron chi connectivity index (χ0n) is 11.0. The summed E-state index contributed by atoms with van der Waals surface area (Å²) in [5, 5.41) is 0. The zero-order valence-corrected chi connectivity index (χ0v) is 11.0. The molecule has 0 fully saturated rings. The van der Waals surface area contributed by atoms with Gasteiger partial charge in [0.2, 0.25) is 0 Å². The van der Waals surface area contributed by atoms with E-state index in [2.05, 4.69) is 0 Å². The van der Waals surface area contributed by atoms with Crippen LogP contribution in [0.15, 0.2) is 18.2 Å². The molecule has 1 aromatic carbocycles. The Morgan fingerprint density at radius 3 is 2.50 bits per heavy atom. The molecule has 3 nitrogen and oxygen atoms in total. The third-order valence-corrected chi connectivity index (χ3v) is 2.73. The van der Waals surface area contributed by atoms with Crippen LogP contribution in [0.2, 0.25) is 0 Å². The molecule has 20 heavy (non-hydrogen) atoms. The van der Waals surface area contributed by atoms with Crippen molar-refractivity contribution >= 4 is 0 Å². The largest absolute Gasteiger partial charge is 0.419 e. The molecule has 0 heterocycles. The molecule has 2 N–H and O–H groups in total. The number of hydrogen-bond acceptors (Lipinski definition) is 3. The summed E-state index contributed by atoms with van der Waals surface area (Å²) in [6, 6.07) is 2.14. The van der Waals surface area contributed by atoms with Gasteiger partial charge in [-0.25, -0.2) is 4.39 Å². The fraction of sp³-hybridized carbons (Fsp3) is 0.538. The number of rotatable bonds is 7. The van der Waals surface area contributed by atoms with Crippen molar-refractivity contribution < 1.29 is 27.0 Å². The van der Waals surface area contributed by atoms with Crippen LogP contribution in [-0.4, -0.2) is 26.9 Å². The Morgan fingerprint density at radius 1 is 1.20 bits per heavy atom. The van der Waals surface area contributed by atoms with E-state index in [1.165, 1.54) is 13.2 Å². The first-order chi connectivity index (χ1) is 9.36. The standard InChI is InChI=1S/C13H17F4NO2/c1-19-6-7-20-5-4-12(18)9-2-3-11(14)10(8-9)13(15,16)17/h2-3,8,12H,4-7,18H2,1H3. The van der Waals surface area contributed by atoms with E-state index in [4.69, 9.17) is 15.2 Å². The van der Waals surface area contributed by atoms with Crippen molar-refractivity contribution in [2.45, 2.75) is 18.6 Å². The number of benzene rings is 1. The van der Waals surface area contributed by atoms with Crippen molar-refractivity contribution in [3.05, 3.63) is 35.1 Å². The fourth-order valence-electron chi connectivity index (χ4n) is 1.61. The Balaban J connectivity index is 2.62. The highest BCUT2D eigenvalue weighted by Gasteiger charge is 2.34. The Kier molecular flexibility index (Phi) is 6.38. The Bertz CT molecular complexity index is 423. The van der Waals surface area contributed by atoms with E-state index in [-0.39, 0.29) is 5.56 Å².